The maximum Gasteiger partial charge on any atom is 0.511 e. The first kappa shape index (κ1) is 29.3. The Hall–Kier alpha value is -1.94. The molecule has 2 rings (SSSR count). The average molecular weight is 504 g/mol. The van der Waals surface area contributed by atoms with Gasteiger partial charge in [0.15, 0.2) is 0 Å². The summed E-state index contributed by atoms with van der Waals surface area (Å²) in [6.07, 6.45) is -1.15. The Morgan fingerprint density at radius 2 is 1.77 bits per heavy atom. The van der Waals surface area contributed by atoms with Gasteiger partial charge in [0.25, 0.3) is 0 Å². The van der Waals surface area contributed by atoms with Crippen LogP contribution in [0.5, 0.6) is 0 Å². The molecule has 0 spiro atoms. The Morgan fingerprint density at radius 3 is 2.34 bits per heavy atom. The van der Waals surface area contributed by atoms with Gasteiger partial charge >= 0.3 is 18.1 Å². The average Bonchev–Trinajstić information content (AvgIpc) is 2.74. The lowest BCUT2D eigenvalue weighted by Gasteiger charge is -2.46. The lowest BCUT2D eigenvalue weighted by atomic mass is 9.67. The van der Waals surface area contributed by atoms with Gasteiger partial charge in [-0.25, -0.2) is 18.8 Å². The minimum Gasteiger partial charge on any atom is -0.479 e. The van der Waals surface area contributed by atoms with E-state index in [4.69, 9.17) is 24.7 Å². The predicted octanol–water partition coefficient (Wildman–Crippen LogP) is 4.21. The number of hydrogen-bond acceptors (Lipinski definition) is 8. The molecule has 2 saturated carbocycles. The van der Waals surface area contributed by atoms with E-state index >= 15 is 4.39 Å². The van der Waals surface area contributed by atoms with Crippen molar-refractivity contribution < 1.29 is 42.8 Å². The van der Waals surface area contributed by atoms with E-state index in [2.05, 4.69) is 20.8 Å². The van der Waals surface area contributed by atoms with E-state index in [0.29, 0.717) is 18.3 Å². The summed E-state index contributed by atoms with van der Waals surface area (Å²) in [5.41, 5.74) is 1.48. The van der Waals surface area contributed by atoms with E-state index in [1.807, 2.05) is 6.92 Å². The van der Waals surface area contributed by atoms with Crippen molar-refractivity contribution in [1.29, 1.82) is 0 Å². The molecular formula is C25H42FNO8. The fourth-order valence-electron chi connectivity index (χ4n) is 5.22. The Bertz CT molecular complexity index is 764. The van der Waals surface area contributed by atoms with Crippen LogP contribution in [0.15, 0.2) is 0 Å². The number of ether oxygens (including phenoxy) is 4. The largest absolute Gasteiger partial charge is 0.511 e. The molecule has 3 N–H and O–H groups in total. The van der Waals surface area contributed by atoms with Crippen molar-refractivity contribution in [3.63, 3.8) is 0 Å². The van der Waals surface area contributed by atoms with Gasteiger partial charge in [-0.05, 0) is 43.4 Å². The topological polar surface area (TPSA) is 134 Å². The number of alkyl halides is 1. The van der Waals surface area contributed by atoms with Gasteiger partial charge in [-0.1, -0.05) is 41.0 Å². The SMILES string of the molecule is CCCO[C@@H]1C[C@H](C)[C@](F)(C(=O)O)C[C@]1(N)C(=O)OC(C)OC(=O)O[C@H]1C[C@@H](C)CC[C@@H]1C(C)C. The van der Waals surface area contributed by atoms with Gasteiger partial charge in [-0.2, -0.15) is 0 Å². The first-order valence-corrected chi connectivity index (χ1v) is 12.7. The summed E-state index contributed by atoms with van der Waals surface area (Å²) < 4.78 is 37.0. The van der Waals surface area contributed by atoms with Gasteiger partial charge in [0.05, 0.1) is 6.10 Å². The van der Waals surface area contributed by atoms with Gasteiger partial charge in [0.2, 0.25) is 12.0 Å². The molecule has 8 atom stereocenters. The highest BCUT2D eigenvalue weighted by molar-refractivity contribution is 5.86. The second-order valence-electron chi connectivity index (χ2n) is 10.7. The standard InChI is InChI=1S/C25H42FNO8/c1-7-10-32-20-12-16(5)24(26,21(28)29)13-25(20,27)22(30)33-17(6)34-23(31)35-19-11-15(4)8-9-18(19)14(2)3/h14-20H,7-13,27H2,1-6H3,(H,28,29)/t15-,16-,17?,18+,19-,20+,24-,25+/m0/s1. The van der Waals surface area contributed by atoms with Gasteiger partial charge in [0.1, 0.15) is 11.6 Å². The molecule has 0 aliphatic heterocycles. The molecule has 0 bridgehead atoms. The van der Waals surface area contributed by atoms with Gasteiger partial charge in [-0.15, -0.1) is 0 Å². The summed E-state index contributed by atoms with van der Waals surface area (Å²) in [5.74, 6) is -2.77. The van der Waals surface area contributed by atoms with E-state index in [0.717, 1.165) is 19.3 Å². The van der Waals surface area contributed by atoms with Crippen LogP contribution in [0.25, 0.3) is 0 Å². The van der Waals surface area contributed by atoms with Crippen molar-refractivity contribution in [3.05, 3.63) is 0 Å². The first-order valence-electron chi connectivity index (χ1n) is 12.7. The highest BCUT2D eigenvalue weighted by Crippen LogP contribution is 2.43. The molecule has 202 valence electrons. The van der Waals surface area contributed by atoms with Crippen LogP contribution in [0.2, 0.25) is 0 Å². The lowest BCUT2D eigenvalue weighted by molar-refractivity contribution is -0.194. The molecule has 0 amide bonds. The maximum atomic E-state index is 15.3. The highest BCUT2D eigenvalue weighted by Gasteiger charge is 2.61. The summed E-state index contributed by atoms with van der Waals surface area (Å²) in [7, 11) is 0. The quantitative estimate of drug-likeness (QED) is 0.350. The zero-order valence-electron chi connectivity index (χ0n) is 21.8. The van der Waals surface area contributed by atoms with Crippen molar-refractivity contribution in [2.24, 2.45) is 29.4 Å². The molecule has 35 heavy (non-hydrogen) atoms. The number of aliphatic carboxylic acids is 1. The number of carboxylic acid groups (broad SMARTS) is 1. The minimum atomic E-state index is -2.73. The number of carboxylic acids is 1. The molecular weight excluding hydrogens is 461 g/mol. The predicted molar refractivity (Wildman–Crippen MR) is 125 cm³/mol. The van der Waals surface area contributed by atoms with Crippen LogP contribution in [0, 0.1) is 23.7 Å². The summed E-state index contributed by atoms with van der Waals surface area (Å²) in [4.78, 5) is 37.2. The molecule has 0 heterocycles. The normalized spacial score (nSPS) is 36.3. The van der Waals surface area contributed by atoms with Crippen LogP contribution in [-0.4, -0.2) is 59.5 Å². The third-order valence-corrected chi connectivity index (χ3v) is 7.48. The summed E-state index contributed by atoms with van der Waals surface area (Å²) in [6.45, 7) is 11.1. The third kappa shape index (κ3) is 6.84. The van der Waals surface area contributed by atoms with Crippen molar-refractivity contribution in [1.82, 2.24) is 0 Å². The molecule has 0 aromatic heterocycles. The van der Waals surface area contributed by atoms with Crippen molar-refractivity contribution in [2.75, 3.05) is 6.61 Å². The monoisotopic (exact) mass is 503 g/mol. The molecule has 1 unspecified atom stereocenters. The van der Waals surface area contributed by atoms with Crippen LogP contribution in [-0.2, 0) is 28.5 Å². The number of esters is 1. The fourth-order valence-corrected chi connectivity index (χ4v) is 5.22. The van der Waals surface area contributed by atoms with E-state index in [1.54, 1.807) is 0 Å². The van der Waals surface area contributed by atoms with Crippen molar-refractivity contribution in [3.8, 4) is 0 Å². The molecule has 10 heteroatoms. The molecule has 0 saturated heterocycles. The van der Waals surface area contributed by atoms with Crippen molar-refractivity contribution in [2.45, 2.75) is 110 Å². The second kappa shape index (κ2) is 11.9. The summed E-state index contributed by atoms with van der Waals surface area (Å²) >= 11 is 0. The number of rotatable bonds is 9. The van der Waals surface area contributed by atoms with E-state index < -0.39 is 54.0 Å². The van der Waals surface area contributed by atoms with E-state index in [9.17, 15) is 19.5 Å². The number of nitrogens with two attached hydrogens (primary N) is 1. The summed E-state index contributed by atoms with van der Waals surface area (Å²) in [5, 5.41) is 9.47. The van der Waals surface area contributed by atoms with Gasteiger partial charge < -0.3 is 29.8 Å². The molecule has 9 nitrogen and oxygen atoms in total. The zero-order chi connectivity index (χ0) is 26.6. The molecule has 2 aliphatic carbocycles. The van der Waals surface area contributed by atoms with Crippen LogP contribution in [0.4, 0.5) is 9.18 Å². The Morgan fingerprint density at radius 1 is 1.11 bits per heavy atom. The molecule has 2 fully saturated rings. The van der Waals surface area contributed by atoms with E-state index in [-0.39, 0.29) is 25.0 Å². The number of carbonyl (C=O) groups excluding carboxylic acids is 2. The highest BCUT2D eigenvalue weighted by atomic mass is 19.1. The van der Waals surface area contributed by atoms with Crippen molar-refractivity contribution >= 4 is 18.1 Å². The first-order chi connectivity index (χ1) is 16.2. The van der Waals surface area contributed by atoms with Crippen LogP contribution < -0.4 is 5.73 Å². The number of hydrogen-bond donors (Lipinski definition) is 2. The molecule has 0 aromatic rings. The Labute approximate surface area is 207 Å². The summed E-state index contributed by atoms with van der Waals surface area (Å²) in [6, 6.07) is 0. The molecule has 0 radical (unpaired) electrons. The lowest BCUT2D eigenvalue weighted by Crippen LogP contribution is -2.68. The third-order valence-electron chi connectivity index (χ3n) is 7.48. The maximum absolute atomic E-state index is 15.3. The molecule has 0 aromatic carbocycles. The number of carbonyl (C=O) groups is 3. The van der Waals surface area contributed by atoms with E-state index in [1.165, 1.54) is 13.8 Å². The zero-order valence-corrected chi connectivity index (χ0v) is 21.8. The fraction of sp³-hybridized carbons (Fsp3) is 0.880. The van der Waals surface area contributed by atoms with Crippen LogP contribution in [0.1, 0.15) is 80.1 Å². The smallest absolute Gasteiger partial charge is 0.479 e. The molecule has 2 aliphatic rings. The van der Waals surface area contributed by atoms with Gasteiger partial charge in [0, 0.05) is 25.9 Å². The second-order valence-corrected chi connectivity index (χ2v) is 10.7. The number of halogens is 1. The Kier molecular flexibility index (Phi) is 9.93. The Balaban J connectivity index is 2.07. The van der Waals surface area contributed by atoms with Gasteiger partial charge in [-0.3, -0.25) is 0 Å². The minimum absolute atomic E-state index is 0.0812. The van der Waals surface area contributed by atoms with Crippen LogP contribution >= 0.6 is 0 Å². The van der Waals surface area contributed by atoms with Crippen LogP contribution in [0.3, 0.4) is 0 Å².